The Labute approximate surface area is 235 Å². The van der Waals surface area contributed by atoms with Gasteiger partial charge in [0.15, 0.2) is 12.9 Å². The fourth-order valence-electron chi connectivity index (χ4n) is 7.81. The van der Waals surface area contributed by atoms with Gasteiger partial charge in [0.25, 0.3) is 5.91 Å². The quantitative estimate of drug-likeness (QED) is 0.285. The molecule has 7 heteroatoms. The van der Waals surface area contributed by atoms with Crippen LogP contribution in [0.4, 0.5) is 0 Å². The number of hydrogen-bond acceptors (Lipinski definition) is 5. The molecule has 2 aromatic carbocycles. The van der Waals surface area contributed by atoms with Crippen LogP contribution in [0.3, 0.4) is 0 Å². The normalized spacial score (nSPS) is 29.3. The first-order valence-corrected chi connectivity index (χ1v) is 14.8. The Morgan fingerprint density at radius 2 is 1.73 bits per heavy atom. The molecule has 4 saturated carbocycles. The highest BCUT2D eigenvalue weighted by Gasteiger charge is 2.49. The zero-order valence-corrected chi connectivity index (χ0v) is 23.0. The van der Waals surface area contributed by atoms with Crippen molar-refractivity contribution in [1.29, 1.82) is 0 Å². The third-order valence-corrected chi connectivity index (χ3v) is 9.40. The van der Waals surface area contributed by atoms with Crippen molar-refractivity contribution in [3.63, 3.8) is 0 Å². The van der Waals surface area contributed by atoms with Gasteiger partial charge in [-0.05, 0) is 116 Å². The van der Waals surface area contributed by atoms with Crippen molar-refractivity contribution in [3.05, 3.63) is 59.7 Å². The average Bonchev–Trinajstić information content (AvgIpc) is 3.18. The standard InChI is InChI=1S/C33H39NO6/c35-30(34-40-32-3-1-2-14-38-32)21-39-29-10-9-27(26-7-4-22(5-8-26)6-11-31(36)37)18-28(29)33-13-12-23-15-24(19-33)17-25(16-23)20-33/h4-11,18,23-25,32H,1-3,12-17,19-21H2,(H,34,35)(H,36,37)/b11-6+. The van der Waals surface area contributed by atoms with Crippen LogP contribution in [0.25, 0.3) is 17.2 Å². The molecule has 5 fully saturated rings. The van der Waals surface area contributed by atoms with Crippen LogP contribution < -0.4 is 10.2 Å². The molecule has 1 amide bonds. The van der Waals surface area contributed by atoms with E-state index in [0.717, 1.165) is 72.0 Å². The minimum absolute atomic E-state index is 0.0667. The number of ether oxygens (including phenoxy) is 2. The molecule has 0 radical (unpaired) electrons. The van der Waals surface area contributed by atoms with Gasteiger partial charge in [-0.1, -0.05) is 30.3 Å². The number of carbonyl (C=O) groups is 2. The lowest BCUT2D eigenvalue weighted by Crippen LogP contribution is -2.38. The molecule has 0 aromatic heterocycles. The highest BCUT2D eigenvalue weighted by molar-refractivity contribution is 5.85. The summed E-state index contributed by atoms with van der Waals surface area (Å²) >= 11 is 0. The van der Waals surface area contributed by atoms with Gasteiger partial charge in [-0.2, -0.15) is 0 Å². The third-order valence-electron chi connectivity index (χ3n) is 9.40. The van der Waals surface area contributed by atoms with Gasteiger partial charge < -0.3 is 14.6 Å². The summed E-state index contributed by atoms with van der Waals surface area (Å²) in [4.78, 5) is 29.0. The fraction of sp³-hybridized carbons (Fsp3) is 0.515. The molecular weight excluding hydrogens is 506 g/mol. The lowest BCUT2D eigenvalue weighted by atomic mass is 9.59. The van der Waals surface area contributed by atoms with Crippen molar-refractivity contribution in [3.8, 4) is 16.9 Å². The number of benzene rings is 2. The van der Waals surface area contributed by atoms with Crippen molar-refractivity contribution < 1.29 is 29.0 Å². The summed E-state index contributed by atoms with van der Waals surface area (Å²) in [5, 5.41) is 8.93. The van der Waals surface area contributed by atoms with E-state index in [1.165, 1.54) is 44.1 Å². The average molecular weight is 546 g/mol. The first-order valence-electron chi connectivity index (χ1n) is 14.8. The van der Waals surface area contributed by atoms with Crippen molar-refractivity contribution in [2.45, 2.75) is 75.9 Å². The van der Waals surface area contributed by atoms with E-state index in [-0.39, 0.29) is 17.9 Å². The molecular formula is C33H39NO6. The highest BCUT2D eigenvalue weighted by atomic mass is 16.8. The molecule has 3 atom stereocenters. The SMILES string of the molecule is O=C(O)/C=C/c1ccc(-c2ccc(OCC(=O)NOC3CCCCO3)c(C34CCC5CC(CC(C5)C3)C4)c2)cc1. The lowest BCUT2D eigenvalue weighted by Gasteiger charge is -2.46. The van der Waals surface area contributed by atoms with E-state index in [9.17, 15) is 9.59 Å². The Morgan fingerprint density at radius 3 is 2.45 bits per heavy atom. The molecule has 7 rings (SSSR count). The largest absolute Gasteiger partial charge is 0.483 e. The molecule has 2 N–H and O–H groups in total. The molecule has 1 heterocycles. The summed E-state index contributed by atoms with van der Waals surface area (Å²) in [6, 6.07) is 14.3. The van der Waals surface area contributed by atoms with E-state index in [0.29, 0.717) is 6.61 Å². The van der Waals surface area contributed by atoms with Gasteiger partial charge in [-0.25, -0.2) is 15.1 Å². The molecule has 2 aromatic rings. The second-order valence-electron chi connectivity index (χ2n) is 12.3. The number of fused-ring (bicyclic) bond motifs is 1. The monoisotopic (exact) mass is 545 g/mol. The smallest absolute Gasteiger partial charge is 0.328 e. The number of amides is 1. The predicted octanol–water partition coefficient (Wildman–Crippen LogP) is 6.26. The molecule has 40 heavy (non-hydrogen) atoms. The number of carboxylic acids is 1. The summed E-state index contributed by atoms with van der Waals surface area (Å²) in [6.45, 7) is 0.536. The summed E-state index contributed by atoms with van der Waals surface area (Å²) in [5.74, 6) is 1.88. The minimum atomic E-state index is -0.960. The van der Waals surface area contributed by atoms with E-state index in [2.05, 4.69) is 17.6 Å². The Hall–Kier alpha value is -3.16. The van der Waals surface area contributed by atoms with Crippen LogP contribution in [-0.4, -0.2) is 36.5 Å². The summed E-state index contributed by atoms with van der Waals surface area (Å²) in [7, 11) is 0. The topological polar surface area (TPSA) is 94.1 Å². The van der Waals surface area contributed by atoms with Gasteiger partial charge in [0.2, 0.25) is 0 Å². The van der Waals surface area contributed by atoms with Crippen molar-refractivity contribution in [1.82, 2.24) is 5.48 Å². The van der Waals surface area contributed by atoms with Crippen LogP contribution in [0.5, 0.6) is 5.75 Å². The summed E-state index contributed by atoms with van der Waals surface area (Å²) in [5.41, 5.74) is 6.82. The zero-order chi connectivity index (χ0) is 27.5. The van der Waals surface area contributed by atoms with Gasteiger partial charge >= 0.3 is 5.97 Å². The van der Waals surface area contributed by atoms with Crippen LogP contribution in [0.15, 0.2) is 48.5 Å². The molecule has 1 aliphatic heterocycles. The minimum Gasteiger partial charge on any atom is -0.483 e. The first-order chi connectivity index (χ1) is 19.5. The van der Waals surface area contributed by atoms with Crippen LogP contribution >= 0.6 is 0 Å². The Kier molecular flexibility index (Phi) is 7.94. The number of nitrogens with one attached hydrogen (secondary N) is 1. The molecule has 4 bridgehead atoms. The molecule has 3 unspecified atom stereocenters. The maximum absolute atomic E-state index is 12.6. The van der Waals surface area contributed by atoms with E-state index >= 15 is 0 Å². The Bertz CT molecular complexity index is 1230. The van der Waals surface area contributed by atoms with Gasteiger partial charge in [0, 0.05) is 24.7 Å². The summed E-state index contributed by atoms with van der Waals surface area (Å²) in [6.07, 6.45) is 14.0. The number of hydrogen-bond donors (Lipinski definition) is 2. The second kappa shape index (κ2) is 11.8. The first kappa shape index (κ1) is 27.0. The maximum Gasteiger partial charge on any atom is 0.328 e. The molecule has 4 aliphatic carbocycles. The third kappa shape index (κ3) is 6.11. The zero-order valence-electron chi connectivity index (χ0n) is 23.0. The molecule has 7 nitrogen and oxygen atoms in total. The fourth-order valence-corrected chi connectivity index (χ4v) is 7.81. The molecule has 1 saturated heterocycles. The maximum atomic E-state index is 12.6. The van der Waals surface area contributed by atoms with Crippen molar-refractivity contribution >= 4 is 18.0 Å². The highest BCUT2D eigenvalue weighted by Crippen LogP contribution is 2.59. The van der Waals surface area contributed by atoms with E-state index in [1.54, 1.807) is 6.08 Å². The molecule has 0 spiro atoms. The number of rotatable bonds is 9. The lowest BCUT2D eigenvalue weighted by molar-refractivity contribution is -0.201. The van der Waals surface area contributed by atoms with E-state index in [4.69, 9.17) is 19.4 Å². The van der Waals surface area contributed by atoms with Crippen LogP contribution in [0.2, 0.25) is 0 Å². The second-order valence-corrected chi connectivity index (χ2v) is 12.3. The van der Waals surface area contributed by atoms with Crippen LogP contribution in [-0.2, 0) is 24.6 Å². The van der Waals surface area contributed by atoms with Crippen molar-refractivity contribution in [2.75, 3.05) is 13.2 Å². The predicted molar refractivity (Wildman–Crippen MR) is 151 cm³/mol. The van der Waals surface area contributed by atoms with Gasteiger partial charge in [0.05, 0.1) is 0 Å². The number of hydroxylamine groups is 1. The number of carboxylic acid groups (broad SMARTS) is 1. The summed E-state index contributed by atoms with van der Waals surface area (Å²) < 4.78 is 11.8. The number of carbonyl (C=O) groups excluding carboxylic acids is 1. The Morgan fingerprint density at radius 1 is 0.975 bits per heavy atom. The molecule has 212 valence electrons. The number of aliphatic carboxylic acids is 1. The van der Waals surface area contributed by atoms with E-state index < -0.39 is 12.3 Å². The van der Waals surface area contributed by atoms with Crippen LogP contribution in [0, 0.1) is 17.8 Å². The Balaban J connectivity index is 1.25. The van der Waals surface area contributed by atoms with E-state index in [1.807, 2.05) is 30.3 Å². The van der Waals surface area contributed by atoms with Crippen molar-refractivity contribution in [2.24, 2.45) is 17.8 Å². The van der Waals surface area contributed by atoms with Gasteiger partial charge in [0.1, 0.15) is 5.75 Å². The van der Waals surface area contributed by atoms with Crippen LogP contribution in [0.1, 0.15) is 75.3 Å². The molecule has 5 aliphatic rings. The van der Waals surface area contributed by atoms with Gasteiger partial charge in [-0.15, -0.1) is 0 Å². The van der Waals surface area contributed by atoms with Gasteiger partial charge in [-0.3, -0.25) is 4.79 Å².